The van der Waals surface area contributed by atoms with Crippen LogP contribution in [0.5, 0.6) is 5.75 Å². The van der Waals surface area contributed by atoms with Gasteiger partial charge in [-0.1, -0.05) is 19.8 Å². The summed E-state index contributed by atoms with van der Waals surface area (Å²) in [5.74, 6) is -2.11. The van der Waals surface area contributed by atoms with E-state index in [0.717, 1.165) is 25.3 Å². The number of aliphatic hydroxyl groups is 1. The van der Waals surface area contributed by atoms with E-state index in [2.05, 4.69) is 0 Å². The first-order chi connectivity index (χ1) is 8.06. The molecule has 17 heavy (non-hydrogen) atoms. The Kier molecular flexibility index (Phi) is 5.35. The quantitative estimate of drug-likeness (QED) is 0.775. The lowest BCUT2D eigenvalue weighted by Gasteiger charge is -2.11. The Hall–Kier alpha value is -1.16. The number of ether oxygens (including phenoxy) is 1. The van der Waals surface area contributed by atoms with E-state index in [-0.39, 0.29) is 5.75 Å². The summed E-state index contributed by atoms with van der Waals surface area (Å²) in [6, 6.07) is 2.33. The van der Waals surface area contributed by atoms with Crippen molar-refractivity contribution < 1.29 is 18.6 Å². The van der Waals surface area contributed by atoms with Gasteiger partial charge in [-0.15, -0.1) is 0 Å². The van der Waals surface area contributed by atoms with Gasteiger partial charge < -0.3 is 9.84 Å². The topological polar surface area (TPSA) is 29.5 Å². The monoisotopic (exact) mass is 244 g/mol. The summed E-state index contributed by atoms with van der Waals surface area (Å²) in [5.41, 5.74) is 0.314. The minimum Gasteiger partial charge on any atom is -0.490 e. The maximum absolute atomic E-state index is 13.4. The molecule has 0 bridgehead atoms. The molecule has 0 amide bonds. The molecule has 0 aliphatic rings. The molecule has 1 rings (SSSR count). The van der Waals surface area contributed by atoms with Gasteiger partial charge in [-0.05, 0) is 31.0 Å². The van der Waals surface area contributed by atoms with Crippen molar-refractivity contribution in [2.45, 2.75) is 39.2 Å². The van der Waals surface area contributed by atoms with Crippen molar-refractivity contribution in [2.75, 3.05) is 6.61 Å². The summed E-state index contributed by atoms with van der Waals surface area (Å²) >= 11 is 0. The van der Waals surface area contributed by atoms with Crippen LogP contribution in [0.4, 0.5) is 8.78 Å². The molecular formula is C13H18F2O2. The minimum atomic E-state index is -0.995. The van der Waals surface area contributed by atoms with Crippen LogP contribution in [0.25, 0.3) is 0 Å². The summed E-state index contributed by atoms with van der Waals surface area (Å²) in [6.45, 7) is 3.90. The van der Waals surface area contributed by atoms with Gasteiger partial charge in [0.15, 0.2) is 11.6 Å². The third kappa shape index (κ3) is 3.97. The lowest BCUT2D eigenvalue weighted by molar-refractivity contribution is 0.197. The van der Waals surface area contributed by atoms with Crippen molar-refractivity contribution >= 4 is 0 Å². The van der Waals surface area contributed by atoms with Gasteiger partial charge in [0.05, 0.1) is 12.7 Å². The van der Waals surface area contributed by atoms with Crippen LogP contribution in [-0.4, -0.2) is 11.7 Å². The zero-order chi connectivity index (χ0) is 12.8. The normalized spacial score (nSPS) is 12.5. The zero-order valence-corrected chi connectivity index (χ0v) is 10.2. The fourth-order valence-corrected chi connectivity index (χ4v) is 1.46. The van der Waals surface area contributed by atoms with Crippen LogP contribution < -0.4 is 4.74 Å². The van der Waals surface area contributed by atoms with E-state index < -0.39 is 17.7 Å². The largest absolute Gasteiger partial charge is 0.490 e. The number of benzene rings is 1. The van der Waals surface area contributed by atoms with E-state index in [9.17, 15) is 13.9 Å². The fourth-order valence-electron chi connectivity index (χ4n) is 1.46. The van der Waals surface area contributed by atoms with Crippen LogP contribution in [0.3, 0.4) is 0 Å². The second-order valence-electron chi connectivity index (χ2n) is 4.05. The highest BCUT2D eigenvalue weighted by Gasteiger charge is 2.14. The van der Waals surface area contributed by atoms with E-state index in [4.69, 9.17) is 4.74 Å². The molecule has 4 heteroatoms. The van der Waals surface area contributed by atoms with E-state index in [0.29, 0.717) is 12.2 Å². The third-order valence-electron chi connectivity index (χ3n) is 2.51. The minimum absolute atomic E-state index is 0.128. The molecule has 0 heterocycles. The molecule has 96 valence electrons. The molecule has 0 unspecified atom stereocenters. The van der Waals surface area contributed by atoms with Gasteiger partial charge in [0.1, 0.15) is 0 Å². The van der Waals surface area contributed by atoms with E-state index in [1.54, 1.807) is 0 Å². The molecule has 1 atom stereocenters. The molecule has 1 aromatic carbocycles. The van der Waals surface area contributed by atoms with Crippen molar-refractivity contribution in [1.29, 1.82) is 0 Å². The van der Waals surface area contributed by atoms with Gasteiger partial charge in [-0.3, -0.25) is 0 Å². The molecule has 0 fully saturated rings. The highest BCUT2D eigenvalue weighted by atomic mass is 19.2. The lowest BCUT2D eigenvalue weighted by Crippen LogP contribution is -2.03. The SMILES string of the molecule is CCCCCOc1cc([C@H](C)O)cc(F)c1F. The van der Waals surface area contributed by atoms with Gasteiger partial charge in [-0.25, -0.2) is 4.39 Å². The average Bonchev–Trinajstić information content (AvgIpc) is 2.29. The first kappa shape index (κ1) is 13.9. The molecule has 1 aromatic rings. The van der Waals surface area contributed by atoms with Crippen LogP contribution in [0, 0.1) is 11.6 Å². The Morgan fingerprint density at radius 1 is 1.29 bits per heavy atom. The predicted molar refractivity (Wildman–Crippen MR) is 62.0 cm³/mol. The third-order valence-corrected chi connectivity index (χ3v) is 2.51. The predicted octanol–water partition coefficient (Wildman–Crippen LogP) is 3.59. The molecule has 2 nitrogen and oxygen atoms in total. The van der Waals surface area contributed by atoms with E-state index in [1.165, 1.54) is 13.0 Å². The van der Waals surface area contributed by atoms with E-state index >= 15 is 0 Å². The molecule has 0 aliphatic carbocycles. The molecular weight excluding hydrogens is 226 g/mol. The number of hydrogen-bond donors (Lipinski definition) is 1. The van der Waals surface area contributed by atoms with Crippen LogP contribution in [0.2, 0.25) is 0 Å². The summed E-state index contributed by atoms with van der Waals surface area (Å²) < 4.78 is 31.8. The summed E-state index contributed by atoms with van der Waals surface area (Å²) in [7, 11) is 0. The molecule has 0 radical (unpaired) electrons. The molecule has 0 aliphatic heterocycles. The molecule has 0 spiro atoms. The van der Waals surface area contributed by atoms with Crippen molar-refractivity contribution in [1.82, 2.24) is 0 Å². The maximum Gasteiger partial charge on any atom is 0.200 e. The summed E-state index contributed by atoms with van der Waals surface area (Å²) in [5, 5.41) is 9.33. The van der Waals surface area contributed by atoms with Gasteiger partial charge >= 0.3 is 0 Å². The van der Waals surface area contributed by atoms with Crippen molar-refractivity contribution in [3.63, 3.8) is 0 Å². The number of halogens is 2. The number of rotatable bonds is 6. The van der Waals surface area contributed by atoms with Gasteiger partial charge in [0, 0.05) is 0 Å². The number of hydrogen-bond acceptors (Lipinski definition) is 2. The highest BCUT2D eigenvalue weighted by molar-refractivity contribution is 5.32. The van der Waals surface area contributed by atoms with Crippen molar-refractivity contribution in [3.05, 3.63) is 29.3 Å². The van der Waals surface area contributed by atoms with Gasteiger partial charge in [-0.2, -0.15) is 4.39 Å². The Labute approximate surface area is 100 Å². The smallest absolute Gasteiger partial charge is 0.200 e. The van der Waals surface area contributed by atoms with Crippen LogP contribution in [0.1, 0.15) is 44.8 Å². The Morgan fingerprint density at radius 2 is 2.00 bits per heavy atom. The zero-order valence-electron chi connectivity index (χ0n) is 10.2. The van der Waals surface area contributed by atoms with Gasteiger partial charge in [0.2, 0.25) is 5.82 Å². The molecule has 1 N–H and O–H groups in total. The lowest BCUT2D eigenvalue weighted by atomic mass is 10.1. The maximum atomic E-state index is 13.4. The van der Waals surface area contributed by atoms with Crippen molar-refractivity contribution in [3.8, 4) is 5.75 Å². The number of unbranched alkanes of at least 4 members (excludes halogenated alkanes) is 2. The summed E-state index contributed by atoms with van der Waals surface area (Å²) in [4.78, 5) is 0. The van der Waals surface area contributed by atoms with Gasteiger partial charge in [0.25, 0.3) is 0 Å². The van der Waals surface area contributed by atoms with Crippen molar-refractivity contribution in [2.24, 2.45) is 0 Å². The average molecular weight is 244 g/mol. The molecule has 0 saturated carbocycles. The molecule has 0 aromatic heterocycles. The van der Waals surface area contributed by atoms with Crippen LogP contribution in [-0.2, 0) is 0 Å². The summed E-state index contributed by atoms with van der Waals surface area (Å²) in [6.07, 6.45) is 1.98. The fraction of sp³-hybridized carbons (Fsp3) is 0.538. The second kappa shape index (κ2) is 6.55. The second-order valence-corrected chi connectivity index (χ2v) is 4.05. The van der Waals surface area contributed by atoms with Crippen LogP contribution in [0.15, 0.2) is 12.1 Å². The Bertz CT molecular complexity index is 365. The highest BCUT2D eigenvalue weighted by Crippen LogP contribution is 2.25. The number of aliphatic hydroxyl groups excluding tert-OH is 1. The Balaban J connectivity index is 2.75. The standard InChI is InChI=1S/C13H18F2O2/c1-3-4-5-6-17-12-8-10(9(2)16)7-11(14)13(12)15/h7-9,16H,3-6H2,1-2H3/t9-/m0/s1. The Morgan fingerprint density at radius 3 is 2.59 bits per heavy atom. The van der Waals surface area contributed by atoms with Crippen LogP contribution >= 0.6 is 0 Å². The first-order valence-corrected chi connectivity index (χ1v) is 5.86. The van der Waals surface area contributed by atoms with E-state index in [1.807, 2.05) is 6.92 Å². The molecule has 0 saturated heterocycles. The first-order valence-electron chi connectivity index (χ1n) is 5.86.